The Morgan fingerprint density at radius 3 is 2.58 bits per heavy atom. The minimum atomic E-state index is -3.56. The number of hydrogen-bond donors (Lipinski definition) is 1. The lowest BCUT2D eigenvalue weighted by Crippen LogP contribution is -2.56. The van der Waals surface area contributed by atoms with E-state index in [9.17, 15) is 4.39 Å². The summed E-state index contributed by atoms with van der Waals surface area (Å²) in [4.78, 5) is 12.6. The van der Waals surface area contributed by atoms with Gasteiger partial charge in [0.25, 0.3) is 0 Å². The number of aliphatic imine (C=N–C) groups is 1. The summed E-state index contributed by atoms with van der Waals surface area (Å²) in [5, 5.41) is 0. The first-order chi connectivity index (χ1) is 14.5. The van der Waals surface area contributed by atoms with Gasteiger partial charge >= 0.3 is 5.92 Å². The van der Waals surface area contributed by atoms with Gasteiger partial charge < -0.3 is 10.5 Å². The molecular formula is C22H22F3N5O. The highest BCUT2D eigenvalue weighted by Gasteiger charge is 2.63. The first-order valence-corrected chi connectivity index (χ1v) is 9.67. The Kier molecular flexibility index (Phi) is 4.88. The Labute approximate surface area is 177 Å². The van der Waals surface area contributed by atoms with E-state index in [1.54, 1.807) is 35.4 Å². The highest BCUT2D eigenvalue weighted by atomic mass is 19.3. The summed E-state index contributed by atoms with van der Waals surface area (Å²) in [7, 11) is 0. The second kappa shape index (κ2) is 7.19. The summed E-state index contributed by atoms with van der Waals surface area (Å²) in [6.07, 6.45) is 4.89. The van der Waals surface area contributed by atoms with Gasteiger partial charge in [-0.15, -0.1) is 0 Å². The van der Waals surface area contributed by atoms with Gasteiger partial charge in [0.1, 0.15) is 36.0 Å². The van der Waals surface area contributed by atoms with Crippen LogP contribution >= 0.6 is 0 Å². The highest BCUT2D eigenvalue weighted by Crippen LogP contribution is 2.51. The van der Waals surface area contributed by atoms with Crippen LogP contribution in [-0.4, -0.2) is 38.5 Å². The number of nitrogens with two attached hydrogens (primary N) is 1. The Balaban J connectivity index is 1.83. The summed E-state index contributed by atoms with van der Waals surface area (Å²) < 4.78 is 53.1. The van der Waals surface area contributed by atoms with Crippen LogP contribution in [0.3, 0.4) is 0 Å². The Bertz CT molecular complexity index is 1140. The number of amidine groups is 1. The predicted octanol–water partition coefficient (Wildman–Crippen LogP) is 4.09. The zero-order chi connectivity index (χ0) is 22.4. The molecule has 1 atom stereocenters. The number of aromatic nitrogens is 3. The molecule has 3 aromatic rings. The SMILES string of the molecule is CC1(C)OCC(N)=N[C@](C)(c2cc(-c3cn(-c4ccccn4)cn3)ccc2F)C1(F)F. The van der Waals surface area contributed by atoms with Gasteiger partial charge in [0.2, 0.25) is 0 Å². The molecule has 0 aliphatic carbocycles. The third kappa shape index (κ3) is 3.38. The van der Waals surface area contributed by atoms with Crippen molar-refractivity contribution in [3.8, 4) is 17.1 Å². The molecule has 9 heteroatoms. The van der Waals surface area contributed by atoms with Crippen LogP contribution in [-0.2, 0) is 10.3 Å². The average Bonchev–Trinajstić information content (AvgIpc) is 3.21. The van der Waals surface area contributed by atoms with Crippen molar-refractivity contribution >= 4 is 5.84 Å². The molecule has 1 aromatic carbocycles. The summed E-state index contributed by atoms with van der Waals surface area (Å²) in [6, 6.07) is 9.38. The first-order valence-electron chi connectivity index (χ1n) is 9.67. The van der Waals surface area contributed by atoms with Gasteiger partial charge in [-0.1, -0.05) is 6.07 Å². The standard InChI is InChI=1S/C22H22F3N5O/c1-20(2)22(24,25)21(3,29-18(26)12-31-20)15-10-14(7-8-16(15)23)17-11-30(13-28-17)19-6-4-5-9-27-19/h4-11,13H,12H2,1-3H3,(H2,26,29)/t21-/m1/s1. The number of halogens is 3. The minimum Gasteiger partial charge on any atom is -0.385 e. The molecule has 162 valence electrons. The monoisotopic (exact) mass is 429 g/mol. The van der Waals surface area contributed by atoms with Crippen molar-refractivity contribution in [2.24, 2.45) is 10.7 Å². The quantitative estimate of drug-likeness (QED) is 0.680. The molecule has 0 fully saturated rings. The van der Waals surface area contributed by atoms with Crippen molar-refractivity contribution < 1.29 is 17.9 Å². The maximum atomic E-state index is 15.6. The van der Waals surface area contributed by atoms with E-state index in [4.69, 9.17) is 10.5 Å². The lowest BCUT2D eigenvalue weighted by molar-refractivity contribution is -0.214. The van der Waals surface area contributed by atoms with Crippen molar-refractivity contribution in [3.05, 3.63) is 66.5 Å². The molecule has 1 aliphatic rings. The molecule has 0 spiro atoms. The van der Waals surface area contributed by atoms with Gasteiger partial charge in [-0.05, 0) is 51.1 Å². The normalized spacial score (nSPS) is 22.6. The molecule has 31 heavy (non-hydrogen) atoms. The molecule has 0 saturated heterocycles. The van der Waals surface area contributed by atoms with E-state index in [-0.39, 0.29) is 18.0 Å². The molecule has 0 radical (unpaired) electrons. The molecule has 2 N–H and O–H groups in total. The fraction of sp³-hybridized carbons (Fsp3) is 0.318. The molecular weight excluding hydrogens is 407 g/mol. The predicted molar refractivity (Wildman–Crippen MR) is 111 cm³/mol. The zero-order valence-electron chi connectivity index (χ0n) is 17.3. The molecule has 6 nitrogen and oxygen atoms in total. The Morgan fingerprint density at radius 2 is 1.87 bits per heavy atom. The van der Waals surface area contributed by atoms with Crippen LogP contribution in [0.5, 0.6) is 0 Å². The third-order valence-corrected chi connectivity index (χ3v) is 5.60. The van der Waals surface area contributed by atoms with Gasteiger partial charge in [0, 0.05) is 23.5 Å². The maximum Gasteiger partial charge on any atom is 0.304 e. The fourth-order valence-corrected chi connectivity index (χ4v) is 3.71. The van der Waals surface area contributed by atoms with Gasteiger partial charge in [-0.2, -0.15) is 0 Å². The number of ether oxygens (including phenoxy) is 1. The van der Waals surface area contributed by atoms with Crippen molar-refractivity contribution in [3.63, 3.8) is 0 Å². The smallest absolute Gasteiger partial charge is 0.304 e. The topological polar surface area (TPSA) is 78.3 Å². The number of imidazole rings is 1. The molecule has 3 heterocycles. The van der Waals surface area contributed by atoms with Crippen LogP contribution in [0.2, 0.25) is 0 Å². The Hall–Kier alpha value is -3.20. The average molecular weight is 429 g/mol. The summed E-state index contributed by atoms with van der Waals surface area (Å²) >= 11 is 0. The lowest BCUT2D eigenvalue weighted by atomic mass is 9.77. The van der Waals surface area contributed by atoms with E-state index in [1.165, 1.54) is 32.9 Å². The number of rotatable bonds is 3. The van der Waals surface area contributed by atoms with Crippen LogP contribution in [0.15, 0.2) is 60.1 Å². The minimum absolute atomic E-state index is 0.128. The largest absolute Gasteiger partial charge is 0.385 e. The number of nitrogens with zero attached hydrogens (tertiary/aromatic N) is 4. The molecule has 0 bridgehead atoms. The van der Waals surface area contributed by atoms with E-state index in [0.29, 0.717) is 17.1 Å². The van der Waals surface area contributed by atoms with E-state index in [2.05, 4.69) is 15.0 Å². The van der Waals surface area contributed by atoms with Gasteiger partial charge in [0.15, 0.2) is 5.54 Å². The van der Waals surface area contributed by atoms with Crippen LogP contribution < -0.4 is 5.73 Å². The number of alkyl halides is 2. The van der Waals surface area contributed by atoms with Gasteiger partial charge in [0.05, 0.1) is 5.69 Å². The zero-order valence-corrected chi connectivity index (χ0v) is 17.3. The first kappa shape index (κ1) is 21.0. The maximum absolute atomic E-state index is 15.6. The van der Waals surface area contributed by atoms with Gasteiger partial charge in [-0.25, -0.2) is 23.1 Å². The van der Waals surface area contributed by atoms with E-state index < -0.39 is 22.9 Å². The summed E-state index contributed by atoms with van der Waals surface area (Å²) in [5.41, 5.74) is 2.25. The van der Waals surface area contributed by atoms with E-state index in [1.807, 2.05) is 6.07 Å². The fourth-order valence-electron chi connectivity index (χ4n) is 3.71. The third-order valence-electron chi connectivity index (χ3n) is 5.60. The Morgan fingerprint density at radius 1 is 1.10 bits per heavy atom. The summed E-state index contributed by atoms with van der Waals surface area (Å²) in [5.74, 6) is -3.86. The van der Waals surface area contributed by atoms with E-state index in [0.717, 1.165) is 6.07 Å². The molecule has 0 unspecified atom stereocenters. The number of hydrogen-bond acceptors (Lipinski definition) is 5. The summed E-state index contributed by atoms with van der Waals surface area (Å²) in [6.45, 7) is 3.39. The van der Waals surface area contributed by atoms with Crippen molar-refractivity contribution in [1.29, 1.82) is 0 Å². The van der Waals surface area contributed by atoms with Crippen molar-refractivity contribution in [2.45, 2.75) is 37.8 Å². The molecule has 2 aromatic heterocycles. The van der Waals surface area contributed by atoms with Crippen molar-refractivity contribution in [2.75, 3.05) is 6.61 Å². The molecule has 1 aliphatic heterocycles. The number of pyridine rings is 1. The lowest BCUT2D eigenvalue weighted by Gasteiger charge is -2.42. The second-order valence-electron chi connectivity index (χ2n) is 8.10. The van der Waals surface area contributed by atoms with Crippen LogP contribution in [0.25, 0.3) is 17.1 Å². The second-order valence-corrected chi connectivity index (χ2v) is 8.10. The molecule has 4 rings (SSSR count). The van der Waals surface area contributed by atoms with Crippen LogP contribution in [0.1, 0.15) is 26.3 Å². The van der Waals surface area contributed by atoms with Gasteiger partial charge in [-0.3, -0.25) is 9.56 Å². The van der Waals surface area contributed by atoms with Crippen LogP contribution in [0, 0.1) is 5.82 Å². The van der Waals surface area contributed by atoms with E-state index >= 15 is 8.78 Å². The molecule has 0 saturated carbocycles. The van der Waals surface area contributed by atoms with Crippen molar-refractivity contribution in [1.82, 2.24) is 14.5 Å². The highest BCUT2D eigenvalue weighted by molar-refractivity contribution is 5.82. The molecule has 0 amide bonds. The number of benzene rings is 1. The van der Waals surface area contributed by atoms with Crippen LogP contribution in [0.4, 0.5) is 13.2 Å².